The van der Waals surface area contributed by atoms with Gasteiger partial charge in [0.15, 0.2) is 0 Å². The van der Waals surface area contributed by atoms with Crippen molar-refractivity contribution in [1.29, 1.82) is 0 Å². The molecule has 210 valence electrons. The molecule has 1 atom stereocenters. The summed E-state index contributed by atoms with van der Waals surface area (Å²) in [7, 11) is 14.7. The second kappa shape index (κ2) is 21.0. The summed E-state index contributed by atoms with van der Waals surface area (Å²) in [6, 6.07) is 29.5. The molecule has 0 saturated carbocycles. The van der Waals surface area contributed by atoms with Gasteiger partial charge in [0.05, 0.1) is 11.9 Å². The first-order chi connectivity index (χ1) is 18.8. The maximum absolute atomic E-state index is 5.33. The molecular formula is C34H45HfN5. The molecule has 0 fully saturated rings. The monoisotopic (exact) mass is 703 g/mol. The van der Waals surface area contributed by atoms with Crippen molar-refractivity contribution in [1.82, 2.24) is 0 Å². The smallest absolute Gasteiger partial charge is 0.679 e. The van der Waals surface area contributed by atoms with Crippen molar-refractivity contribution in [3.8, 4) is 11.1 Å². The molecule has 0 aliphatic heterocycles. The Morgan fingerprint density at radius 1 is 0.650 bits per heavy atom. The quantitative estimate of drug-likeness (QED) is 0.113. The Morgan fingerprint density at radius 2 is 1.12 bits per heavy atom. The Hall–Kier alpha value is -2.77. The van der Waals surface area contributed by atoms with Crippen LogP contribution >= 0.6 is 0 Å². The number of aryl methyl sites for hydroxylation is 3. The van der Waals surface area contributed by atoms with Crippen LogP contribution in [0.5, 0.6) is 0 Å². The van der Waals surface area contributed by atoms with Crippen LogP contribution in [0.4, 0.5) is 5.69 Å². The van der Waals surface area contributed by atoms with E-state index in [4.69, 9.17) is 5.32 Å². The van der Waals surface area contributed by atoms with Crippen LogP contribution in [0.1, 0.15) is 34.0 Å². The maximum atomic E-state index is 5.33. The Labute approximate surface area is 262 Å². The summed E-state index contributed by atoms with van der Waals surface area (Å²) in [4.78, 5) is 0. The number of hydrogen-bond acceptors (Lipinski definition) is 0. The molecule has 0 aliphatic rings. The zero-order chi connectivity index (χ0) is 29.2. The fraction of sp³-hybridized carbons (Fsp3) is 0.294. The number of pyridine rings is 1. The van der Waals surface area contributed by atoms with Gasteiger partial charge in [0.25, 0.3) is 0 Å². The Morgan fingerprint density at radius 3 is 1.65 bits per heavy atom. The predicted molar refractivity (Wildman–Crippen MR) is 170 cm³/mol. The number of hydrogen-bond donors (Lipinski definition) is 0. The molecule has 1 unspecified atom stereocenters. The molecule has 0 amide bonds. The molecule has 4 aromatic rings. The molecule has 0 saturated heterocycles. The van der Waals surface area contributed by atoms with Gasteiger partial charge in [-0.15, -0.1) is 5.69 Å². The summed E-state index contributed by atoms with van der Waals surface area (Å²) in [5.41, 5.74) is 9.32. The number of aromatic nitrogens is 1. The normalized spacial score (nSPS) is 10.2. The number of benzene rings is 3. The largest absolute Gasteiger partial charge is 4.00 e. The van der Waals surface area contributed by atoms with Gasteiger partial charge in [-0.25, -0.2) is 0 Å². The minimum absolute atomic E-state index is 0. The topological polar surface area (TPSA) is 60.3 Å². The summed E-state index contributed by atoms with van der Waals surface area (Å²) in [6.45, 7) is 6.41. The van der Waals surface area contributed by atoms with E-state index < -0.39 is 0 Å². The van der Waals surface area contributed by atoms with Crippen LogP contribution < -0.4 is 4.57 Å². The van der Waals surface area contributed by atoms with Crippen LogP contribution in [0.25, 0.3) is 32.4 Å². The van der Waals surface area contributed by atoms with E-state index in [0.29, 0.717) is 0 Å². The van der Waals surface area contributed by atoms with Gasteiger partial charge in [0.1, 0.15) is 0 Å². The Bertz CT molecular complexity index is 1200. The second-order valence-corrected chi connectivity index (χ2v) is 9.17. The third-order valence-electron chi connectivity index (χ3n) is 5.49. The average Bonchev–Trinajstić information content (AvgIpc) is 2.91. The van der Waals surface area contributed by atoms with Gasteiger partial charge in [-0.2, -0.15) is 42.3 Å². The van der Waals surface area contributed by atoms with Crippen molar-refractivity contribution in [3.63, 3.8) is 0 Å². The second-order valence-electron chi connectivity index (χ2n) is 9.17. The molecular weight excluding hydrogens is 657 g/mol. The zero-order valence-electron chi connectivity index (χ0n) is 25.7. The van der Waals surface area contributed by atoms with E-state index in [2.05, 4.69) is 117 Å². The summed E-state index contributed by atoms with van der Waals surface area (Å²) in [5.74, 6) is 0. The summed E-state index contributed by atoms with van der Waals surface area (Å²) in [6.07, 6.45) is 1.98. The van der Waals surface area contributed by atoms with E-state index in [-0.39, 0.29) is 31.9 Å². The van der Waals surface area contributed by atoms with Crippen LogP contribution in [0.3, 0.4) is 0 Å². The molecule has 4 rings (SSSR count). The first kappa shape index (κ1) is 37.2. The van der Waals surface area contributed by atoms with Crippen molar-refractivity contribution in [2.24, 2.45) is 0 Å². The third kappa shape index (κ3) is 11.8. The summed E-state index contributed by atoms with van der Waals surface area (Å²) >= 11 is 0. The Balaban J connectivity index is 0.00000135. The molecule has 3 aromatic carbocycles. The zero-order valence-corrected chi connectivity index (χ0v) is 29.3. The maximum Gasteiger partial charge on any atom is 4.00 e. The van der Waals surface area contributed by atoms with E-state index in [1.54, 1.807) is 42.3 Å². The van der Waals surface area contributed by atoms with Crippen molar-refractivity contribution in [3.05, 3.63) is 147 Å². The number of nitrogens with zero attached hydrogens (tertiary/aromatic N) is 5. The molecule has 0 spiro atoms. The van der Waals surface area contributed by atoms with E-state index in [1.165, 1.54) is 33.4 Å². The van der Waals surface area contributed by atoms with Gasteiger partial charge in [-0.1, -0.05) is 113 Å². The summed E-state index contributed by atoms with van der Waals surface area (Å²) < 4.78 is 1.93. The third-order valence-corrected chi connectivity index (χ3v) is 5.49. The van der Waals surface area contributed by atoms with Gasteiger partial charge >= 0.3 is 25.8 Å². The van der Waals surface area contributed by atoms with Crippen molar-refractivity contribution < 1.29 is 30.4 Å². The van der Waals surface area contributed by atoms with Crippen LogP contribution in [0.2, 0.25) is 0 Å². The SMILES string of the molecule is C[N-]C.C[N-]C.C[N-]C.[CH2-][n+]1ccccc1C([N-]c1c(C)cc(C)cc1C)c1ccccc1-c1ccccc1.[Hf+4]. The predicted octanol–water partition coefficient (Wildman–Crippen LogP) is 8.86. The molecule has 0 aliphatic carbocycles. The van der Waals surface area contributed by atoms with Crippen LogP contribution in [0.15, 0.2) is 91.1 Å². The molecule has 0 radical (unpaired) electrons. The van der Waals surface area contributed by atoms with Gasteiger partial charge in [-0.3, -0.25) is 0 Å². The van der Waals surface area contributed by atoms with Crippen LogP contribution in [-0.2, 0) is 25.8 Å². The van der Waals surface area contributed by atoms with Gasteiger partial charge in [-0.05, 0) is 31.9 Å². The first-order valence-electron chi connectivity index (χ1n) is 13.0. The van der Waals surface area contributed by atoms with Crippen molar-refractivity contribution >= 4 is 5.69 Å². The average molecular weight is 702 g/mol. The Kier molecular flexibility index (Phi) is 19.6. The molecule has 1 heterocycles. The fourth-order valence-electron chi connectivity index (χ4n) is 4.15. The minimum atomic E-state index is -0.166. The summed E-state index contributed by atoms with van der Waals surface area (Å²) in [5, 5.41) is 15.8. The molecule has 40 heavy (non-hydrogen) atoms. The van der Waals surface area contributed by atoms with E-state index >= 15 is 0 Å². The van der Waals surface area contributed by atoms with E-state index in [0.717, 1.165) is 11.4 Å². The first-order valence-corrected chi connectivity index (χ1v) is 13.0. The van der Waals surface area contributed by atoms with E-state index in [1.807, 2.05) is 22.9 Å². The molecule has 0 bridgehead atoms. The van der Waals surface area contributed by atoms with Gasteiger partial charge in [0, 0.05) is 7.05 Å². The van der Waals surface area contributed by atoms with Crippen molar-refractivity contribution in [2.45, 2.75) is 26.8 Å². The van der Waals surface area contributed by atoms with E-state index in [9.17, 15) is 0 Å². The molecule has 6 heteroatoms. The standard InChI is InChI=1S/C28H27N2.3C2H6N.Hf/c1-20-18-21(2)27(22(3)19-20)29-28(26-16-10-11-17-30(26)4)25-15-9-8-14-24(25)23-12-6-5-7-13-23;3*1-3-2;/h5-19,28H,4H2,1-3H3;3*1-2H3;/q4*-1;+4. The fourth-order valence-corrected chi connectivity index (χ4v) is 4.15. The van der Waals surface area contributed by atoms with Gasteiger partial charge < -0.3 is 25.8 Å². The van der Waals surface area contributed by atoms with Gasteiger partial charge in [0.2, 0.25) is 0 Å². The number of rotatable bonds is 5. The minimum Gasteiger partial charge on any atom is -0.679 e. The van der Waals surface area contributed by atoms with Crippen molar-refractivity contribution in [2.75, 3.05) is 42.3 Å². The van der Waals surface area contributed by atoms with Crippen LogP contribution in [-0.4, -0.2) is 42.3 Å². The molecule has 1 aromatic heterocycles. The van der Waals surface area contributed by atoms with Crippen LogP contribution in [0, 0.1) is 27.8 Å². The molecule has 5 nitrogen and oxygen atoms in total. The molecule has 0 N–H and O–H groups in total.